The molecule has 7 nitrogen and oxygen atoms in total. The Balaban J connectivity index is 0.000000364. The van der Waals surface area contributed by atoms with E-state index in [1.54, 1.807) is 18.2 Å². The number of amides is 1. The molecule has 0 spiro atoms. The highest BCUT2D eigenvalue weighted by atomic mass is 19.4. The van der Waals surface area contributed by atoms with Crippen LogP contribution in [0.2, 0.25) is 0 Å². The number of carbonyl (C=O) groups excluding carboxylic acids is 1. The number of carbonyl (C=O) groups is 2. The van der Waals surface area contributed by atoms with Gasteiger partial charge in [0.2, 0.25) is 0 Å². The van der Waals surface area contributed by atoms with Gasteiger partial charge in [0, 0.05) is 30.4 Å². The first kappa shape index (κ1) is 24.8. The van der Waals surface area contributed by atoms with E-state index in [0.717, 1.165) is 37.7 Å². The molecule has 0 unspecified atom stereocenters. The van der Waals surface area contributed by atoms with Crippen LogP contribution in [0.5, 0.6) is 11.5 Å². The summed E-state index contributed by atoms with van der Waals surface area (Å²) < 4.78 is 42.9. The number of aliphatic carboxylic acids is 1. The summed E-state index contributed by atoms with van der Waals surface area (Å²) in [6, 6.07) is 12.5. The van der Waals surface area contributed by atoms with Crippen molar-refractivity contribution in [3.05, 3.63) is 53.1 Å². The van der Waals surface area contributed by atoms with Crippen LogP contribution in [0.15, 0.2) is 36.4 Å². The number of carboxylic acids is 1. The Bertz CT molecular complexity index is 1090. The van der Waals surface area contributed by atoms with Crippen LogP contribution in [0, 0.1) is 0 Å². The van der Waals surface area contributed by atoms with Crippen molar-refractivity contribution in [1.29, 1.82) is 0 Å². The number of fused-ring (bicyclic) bond motifs is 2. The second-order valence-electron chi connectivity index (χ2n) is 8.72. The number of hydrogen-bond acceptors (Lipinski definition) is 5. The molecule has 0 radical (unpaired) electrons. The van der Waals surface area contributed by atoms with E-state index in [0.29, 0.717) is 30.3 Å². The minimum absolute atomic E-state index is 0.123. The molecule has 1 aliphatic carbocycles. The molecule has 10 heteroatoms. The average molecular weight is 492 g/mol. The lowest BCUT2D eigenvalue weighted by Gasteiger charge is -2.36. The van der Waals surface area contributed by atoms with Crippen LogP contribution in [-0.4, -0.2) is 60.4 Å². The van der Waals surface area contributed by atoms with Gasteiger partial charge >= 0.3 is 12.1 Å². The summed E-state index contributed by atoms with van der Waals surface area (Å²) in [6.45, 7) is 3.34. The van der Waals surface area contributed by atoms with E-state index < -0.39 is 12.1 Å². The molecule has 35 heavy (non-hydrogen) atoms. The number of carboxylic acid groups (broad SMARTS) is 1. The fourth-order valence-electron chi connectivity index (χ4n) is 4.33. The molecular weight excluding hydrogens is 465 g/mol. The van der Waals surface area contributed by atoms with Crippen LogP contribution >= 0.6 is 0 Å². The first-order chi connectivity index (χ1) is 16.7. The Morgan fingerprint density at radius 1 is 0.943 bits per heavy atom. The topological polar surface area (TPSA) is 88.1 Å². The highest BCUT2D eigenvalue weighted by Crippen LogP contribution is 2.31. The summed E-state index contributed by atoms with van der Waals surface area (Å²) in [7, 11) is 0. The quantitative estimate of drug-likeness (QED) is 0.665. The van der Waals surface area contributed by atoms with E-state index in [2.05, 4.69) is 22.3 Å². The van der Waals surface area contributed by atoms with Crippen molar-refractivity contribution in [2.75, 3.05) is 31.6 Å². The Morgan fingerprint density at radius 2 is 1.60 bits per heavy atom. The molecule has 0 bridgehead atoms. The van der Waals surface area contributed by atoms with Crippen LogP contribution in [0.4, 0.5) is 18.9 Å². The van der Waals surface area contributed by atoms with Crippen LogP contribution in [0.3, 0.4) is 0 Å². The van der Waals surface area contributed by atoms with Crippen molar-refractivity contribution < 1.29 is 37.3 Å². The van der Waals surface area contributed by atoms with E-state index in [1.165, 1.54) is 30.4 Å². The van der Waals surface area contributed by atoms with Crippen LogP contribution in [0.25, 0.3) is 0 Å². The number of hydrogen-bond donors (Lipinski definition) is 2. The number of benzene rings is 2. The number of nitrogens with zero attached hydrogens (tertiary/aromatic N) is 1. The Hall–Kier alpha value is -3.27. The van der Waals surface area contributed by atoms with Crippen molar-refractivity contribution in [1.82, 2.24) is 4.90 Å². The Labute approximate surface area is 200 Å². The first-order valence-corrected chi connectivity index (χ1v) is 11.6. The highest BCUT2D eigenvalue weighted by Gasteiger charge is 2.38. The summed E-state index contributed by atoms with van der Waals surface area (Å²) >= 11 is 0. The number of anilines is 1. The van der Waals surface area contributed by atoms with E-state index in [1.807, 2.05) is 6.07 Å². The number of alkyl halides is 3. The normalized spacial score (nSPS) is 17.7. The van der Waals surface area contributed by atoms with E-state index in [9.17, 15) is 18.0 Å². The molecule has 0 saturated heterocycles. The third-order valence-corrected chi connectivity index (χ3v) is 6.44. The standard InChI is InChI=1S/C23H26N2O3.C2HF3O2/c26-23(18-5-7-21-22(15-18)28-13-12-27-21)24-19-6-4-16-8-10-25(20-2-1-3-20)11-9-17(16)14-19;3-2(4,5)1(6)7/h4-7,14-15,20H,1-3,8-13H2,(H,24,26);(H,6,7). The van der Waals surface area contributed by atoms with Crippen LogP contribution in [0.1, 0.15) is 40.7 Å². The first-order valence-electron chi connectivity index (χ1n) is 11.6. The third kappa shape index (κ3) is 6.25. The van der Waals surface area contributed by atoms with Gasteiger partial charge in [0.05, 0.1) is 0 Å². The Kier molecular flexibility index (Phi) is 7.49. The SMILES string of the molecule is O=C(Nc1ccc2c(c1)CCN(C1CCC1)CC2)c1ccc2c(c1)OCCO2.O=C(O)C(F)(F)F. The maximum atomic E-state index is 12.7. The maximum absolute atomic E-state index is 12.7. The highest BCUT2D eigenvalue weighted by molar-refractivity contribution is 6.04. The molecule has 1 saturated carbocycles. The molecule has 2 N–H and O–H groups in total. The zero-order valence-corrected chi connectivity index (χ0v) is 19.1. The number of nitrogens with one attached hydrogen (secondary N) is 1. The lowest BCUT2D eigenvalue weighted by Crippen LogP contribution is -2.41. The van der Waals surface area contributed by atoms with Gasteiger partial charge in [-0.15, -0.1) is 0 Å². The lowest BCUT2D eigenvalue weighted by molar-refractivity contribution is -0.192. The van der Waals surface area contributed by atoms with Gasteiger partial charge in [-0.05, 0) is 67.1 Å². The Morgan fingerprint density at radius 3 is 2.23 bits per heavy atom. The average Bonchev–Trinajstić information content (AvgIpc) is 3.00. The van der Waals surface area contributed by atoms with Gasteiger partial charge in [0.25, 0.3) is 5.91 Å². The largest absolute Gasteiger partial charge is 0.490 e. The zero-order valence-electron chi connectivity index (χ0n) is 19.1. The van der Waals surface area contributed by atoms with E-state index >= 15 is 0 Å². The van der Waals surface area contributed by atoms with Gasteiger partial charge in [-0.1, -0.05) is 12.5 Å². The summed E-state index contributed by atoms with van der Waals surface area (Å²) in [6.07, 6.45) is 1.16. The summed E-state index contributed by atoms with van der Waals surface area (Å²) in [4.78, 5) is 24.3. The van der Waals surface area contributed by atoms with Crippen LogP contribution in [-0.2, 0) is 17.6 Å². The summed E-state index contributed by atoms with van der Waals surface area (Å²) in [5.74, 6) is -1.55. The molecule has 0 atom stereocenters. The van der Waals surface area contributed by atoms with Gasteiger partial charge < -0.3 is 19.9 Å². The second kappa shape index (κ2) is 10.6. The van der Waals surface area contributed by atoms with Crippen molar-refractivity contribution in [3.8, 4) is 11.5 Å². The van der Waals surface area contributed by atoms with Gasteiger partial charge in [0.1, 0.15) is 13.2 Å². The predicted octanol–water partition coefficient (Wildman–Crippen LogP) is 4.30. The van der Waals surface area contributed by atoms with Gasteiger partial charge in [-0.2, -0.15) is 13.2 Å². The number of halogens is 3. The van der Waals surface area contributed by atoms with E-state index in [-0.39, 0.29) is 5.91 Å². The minimum Gasteiger partial charge on any atom is -0.486 e. The molecule has 2 aromatic rings. The molecule has 5 rings (SSSR count). The van der Waals surface area contributed by atoms with Gasteiger partial charge in [-0.25, -0.2) is 4.79 Å². The molecule has 2 aromatic carbocycles. The smallest absolute Gasteiger partial charge is 0.486 e. The van der Waals surface area contributed by atoms with Crippen molar-refractivity contribution in [2.24, 2.45) is 0 Å². The molecule has 0 aromatic heterocycles. The predicted molar refractivity (Wildman–Crippen MR) is 122 cm³/mol. The van der Waals surface area contributed by atoms with Gasteiger partial charge in [-0.3, -0.25) is 9.69 Å². The van der Waals surface area contributed by atoms with Crippen LogP contribution < -0.4 is 14.8 Å². The van der Waals surface area contributed by atoms with Crippen molar-refractivity contribution in [2.45, 2.75) is 44.3 Å². The summed E-state index contributed by atoms with van der Waals surface area (Å²) in [5, 5.41) is 10.2. The molecular formula is C25H27F3N2O5. The number of rotatable bonds is 3. The fraction of sp³-hybridized carbons (Fsp3) is 0.440. The monoisotopic (exact) mass is 492 g/mol. The van der Waals surface area contributed by atoms with Crippen molar-refractivity contribution in [3.63, 3.8) is 0 Å². The lowest BCUT2D eigenvalue weighted by atomic mass is 9.91. The molecule has 3 aliphatic rings. The molecule has 188 valence electrons. The summed E-state index contributed by atoms with van der Waals surface area (Å²) in [5.41, 5.74) is 4.21. The van der Waals surface area contributed by atoms with Crippen molar-refractivity contribution >= 4 is 17.6 Å². The molecule has 1 amide bonds. The van der Waals surface area contributed by atoms with Gasteiger partial charge in [0.15, 0.2) is 11.5 Å². The zero-order chi connectivity index (χ0) is 25.0. The molecule has 1 fully saturated rings. The van der Waals surface area contributed by atoms with E-state index in [4.69, 9.17) is 19.4 Å². The maximum Gasteiger partial charge on any atom is 0.490 e. The third-order valence-electron chi connectivity index (χ3n) is 6.44. The number of ether oxygens (including phenoxy) is 2. The molecule has 2 heterocycles. The second-order valence-corrected chi connectivity index (χ2v) is 8.72. The molecule has 2 aliphatic heterocycles. The fourth-order valence-corrected chi connectivity index (χ4v) is 4.33. The minimum atomic E-state index is -5.08.